The Hall–Kier alpha value is -2.51. The molecule has 0 bridgehead atoms. The molecule has 0 saturated carbocycles. The number of thiophene rings is 1. The molecule has 2 aromatic heterocycles. The van der Waals surface area contributed by atoms with Gasteiger partial charge in [-0.2, -0.15) is 0 Å². The molecule has 7 heteroatoms. The SMILES string of the molecule is CCOC(=O)c1c(-c2ccc(C)cc2)csc1NC(=O)c1cscn1. The van der Waals surface area contributed by atoms with Crippen molar-refractivity contribution in [3.8, 4) is 11.1 Å². The zero-order valence-electron chi connectivity index (χ0n) is 13.7. The van der Waals surface area contributed by atoms with Crippen LogP contribution in [0.3, 0.4) is 0 Å². The highest BCUT2D eigenvalue weighted by Gasteiger charge is 2.23. The van der Waals surface area contributed by atoms with Crippen LogP contribution in [0.1, 0.15) is 33.3 Å². The Balaban J connectivity index is 1.99. The van der Waals surface area contributed by atoms with Crippen LogP contribution in [0.4, 0.5) is 5.00 Å². The number of amides is 1. The number of esters is 1. The molecule has 0 saturated heterocycles. The first-order valence-electron chi connectivity index (χ1n) is 7.65. The zero-order valence-corrected chi connectivity index (χ0v) is 15.4. The third-order valence-corrected chi connectivity index (χ3v) is 5.01. The van der Waals surface area contributed by atoms with Gasteiger partial charge in [-0.15, -0.1) is 22.7 Å². The van der Waals surface area contributed by atoms with E-state index in [1.165, 1.54) is 22.7 Å². The maximum atomic E-state index is 12.5. The number of benzene rings is 1. The number of nitrogens with zero attached hydrogens (tertiary/aromatic N) is 1. The van der Waals surface area contributed by atoms with Crippen LogP contribution in [0.15, 0.2) is 40.5 Å². The minimum Gasteiger partial charge on any atom is -0.462 e. The van der Waals surface area contributed by atoms with Gasteiger partial charge in [-0.1, -0.05) is 29.8 Å². The van der Waals surface area contributed by atoms with Gasteiger partial charge in [0.05, 0.1) is 12.1 Å². The number of hydrogen-bond donors (Lipinski definition) is 1. The van der Waals surface area contributed by atoms with Gasteiger partial charge < -0.3 is 10.1 Å². The number of carbonyl (C=O) groups is 2. The maximum Gasteiger partial charge on any atom is 0.341 e. The van der Waals surface area contributed by atoms with Gasteiger partial charge in [0.2, 0.25) is 0 Å². The molecule has 0 atom stereocenters. The Morgan fingerprint density at radius 3 is 2.60 bits per heavy atom. The predicted molar refractivity (Wildman–Crippen MR) is 101 cm³/mol. The lowest BCUT2D eigenvalue weighted by Gasteiger charge is -2.08. The first-order valence-corrected chi connectivity index (χ1v) is 9.47. The summed E-state index contributed by atoms with van der Waals surface area (Å²) in [5, 5.41) is 6.76. The van der Waals surface area contributed by atoms with Gasteiger partial charge in [0.25, 0.3) is 5.91 Å². The van der Waals surface area contributed by atoms with E-state index in [1.807, 2.05) is 36.6 Å². The molecule has 0 aliphatic heterocycles. The molecule has 128 valence electrons. The van der Waals surface area contributed by atoms with E-state index in [0.29, 0.717) is 16.3 Å². The van der Waals surface area contributed by atoms with Crippen LogP contribution in [-0.4, -0.2) is 23.5 Å². The number of thiazole rings is 1. The Kier molecular flexibility index (Phi) is 5.25. The fraction of sp³-hybridized carbons (Fsp3) is 0.167. The summed E-state index contributed by atoms with van der Waals surface area (Å²) in [5.41, 5.74) is 5.07. The van der Waals surface area contributed by atoms with Crippen LogP contribution >= 0.6 is 22.7 Å². The second-order valence-electron chi connectivity index (χ2n) is 5.27. The molecular weight excluding hydrogens is 356 g/mol. The summed E-state index contributed by atoms with van der Waals surface area (Å²) < 4.78 is 5.19. The number of anilines is 1. The van der Waals surface area contributed by atoms with Gasteiger partial charge in [0, 0.05) is 16.3 Å². The third-order valence-electron chi connectivity index (χ3n) is 3.53. The van der Waals surface area contributed by atoms with Crippen LogP contribution in [0.2, 0.25) is 0 Å². The second-order valence-corrected chi connectivity index (χ2v) is 6.87. The van der Waals surface area contributed by atoms with Crippen molar-refractivity contribution in [3.05, 3.63) is 57.4 Å². The standard InChI is InChI=1S/C18H16N2O3S2/c1-3-23-18(22)15-13(12-6-4-11(2)5-7-12)8-25-17(15)20-16(21)14-9-24-10-19-14/h4-10H,3H2,1-2H3,(H,20,21). The van der Waals surface area contributed by atoms with E-state index in [0.717, 1.165) is 16.7 Å². The summed E-state index contributed by atoms with van der Waals surface area (Å²) in [4.78, 5) is 28.8. The first-order chi connectivity index (χ1) is 12.1. The van der Waals surface area contributed by atoms with Crippen LogP contribution in [0.25, 0.3) is 11.1 Å². The van der Waals surface area contributed by atoms with Crippen molar-refractivity contribution in [2.24, 2.45) is 0 Å². The molecule has 0 aliphatic rings. The summed E-state index contributed by atoms with van der Waals surface area (Å²) in [5.74, 6) is -0.794. The largest absolute Gasteiger partial charge is 0.462 e. The van der Waals surface area contributed by atoms with Gasteiger partial charge in [-0.3, -0.25) is 4.79 Å². The molecule has 5 nitrogen and oxygen atoms in total. The van der Waals surface area contributed by atoms with E-state index in [4.69, 9.17) is 4.74 Å². The first kappa shape index (κ1) is 17.3. The fourth-order valence-electron chi connectivity index (χ4n) is 2.29. The molecule has 3 aromatic rings. The summed E-state index contributed by atoms with van der Waals surface area (Å²) in [6.45, 7) is 4.02. The van der Waals surface area contributed by atoms with Crippen LogP contribution in [0.5, 0.6) is 0 Å². The van der Waals surface area contributed by atoms with Crippen molar-refractivity contribution < 1.29 is 14.3 Å². The lowest BCUT2D eigenvalue weighted by Crippen LogP contribution is -2.15. The number of carbonyl (C=O) groups excluding carboxylic acids is 2. The van der Waals surface area contributed by atoms with Gasteiger partial charge >= 0.3 is 5.97 Å². The molecule has 1 amide bonds. The smallest absolute Gasteiger partial charge is 0.341 e. The molecule has 25 heavy (non-hydrogen) atoms. The van der Waals surface area contributed by atoms with Crippen molar-refractivity contribution in [3.63, 3.8) is 0 Å². The van der Waals surface area contributed by atoms with E-state index < -0.39 is 5.97 Å². The van der Waals surface area contributed by atoms with Crippen molar-refractivity contribution >= 4 is 39.6 Å². The molecule has 0 radical (unpaired) electrons. The summed E-state index contributed by atoms with van der Waals surface area (Å²) in [6, 6.07) is 7.86. The second kappa shape index (κ2) is 7.58. The quantitative estimate of drug-likeness (QED) is 0.664. The van der Waals surface area contributed by atoms with E-state index in [1.54, 1.807) is 17.8 Å². The number of rotatable bonds is 5. The summed E-state index contributed by atoms with van der Waals surface area (Å²) in [6.07, 6.45) is 0. The molecule has 0 fully saturated rings. The lowest BCUT2D eigenvalue weighted by atomic mass is 10.0. The van der Waals surface area contributed by atoms with Crippen molar-refractivity contribution in [1.82, 2.24) is 4.98 Å². The minimum atomic E-state index is -0.451. The van der Waals surface area contributed by atoms with Gasteiger partial charge in [-0.25, -0.2) is 9.78 Å². The van der Waals surface area contributed by atoms with Crippen LogP contribution < -0.4 is 5.32 Å². The predicted octanol–water partition coefficient (Wildman–Crippen LogP) is 4.61. The summed E-state index contributed by atoms with van der Waals surface area (Å²) >= 11 is 2.64. The average molecular weight is 372 g/mol. The average Bonchev–Trinajstić information content (AvgIpc) is 3.25. The molecule has 0 unspecified atom stereocenters. The number of aromatic nitrogens is 1. The van der Waals surface area contributed by atoms with Gasteiger partial charge in [0.1, 0.15) is 16.3 Å². The number of nitrogens with one attached hydrogen (secondary N) is 1. The van der Waals surface area contributed by atoms with E-state index in [-0.39, 0.29) is 12.5 Å². The molecule has 3 rings (SSSR count). The Bertz CT molecular complexity index is 884. The van der Waals surface area contributed by atoms with Crippen molar-refractivity contribution in [2.45, 2.75) is 13.8 Å². The topological polar surface area (TPSA) is 68.3 Å². The van der Waals surface area contributed by atoms with Crippen molar-refractivity contribution in [1.29, 1.82) is 0 Å². The maximum absolute atomic E-state index is 12.5. The molecule has 1 N–H and O–H groups in total. The number of ether oxygens (including phenoxy) is 1. The third kappa shape index (κ3) is 3.78. The van der Waals surface area contributed by atoms with E-state index in [2.05, 4.69) is 10.3 Å². The lowest BCUT2D eigenvalue weighted by molar-refractivity contribution is 0.0529. The Morgan fingerprint density at radius 2 is 1.96 bits per heavy atom. The normalized spacial score (nSPS) is 10.5. The van der Waals surface area contributed by atoms with Crippen molar-refractivity contribution in [2.75, 3.05) is 11.9 Å². The van der Waals surface area contributed by atoms with Gasteiger partial charge in [-0.05, 0) is 19.4 Å². The molecular formula is C18H16N2O3S2. The fourth-order valence-corrected chi connectivity index (χ4v) is 3.78. The number of aryl methyl sites for hydroxylation is 1. The summed E-state index contributed by atoms with van der Waals surface area (Å²) in [7, 11) is 0. The van der Waals surface area contributed by atoms with E-state index >= 15 is 0 Å². The monoisotopic (exact) mass is 372 g/mol. The number of hydrogen-bond acceptors (Lipinski definition) is 6. The molecule has 0 spiro atoms. The van der Waals surface area contributed by atoms with Crippen LogP contribution in [-0.2, 0) is 4.74 Å². The highest BCUT2D eigenvalue weighted by Crippen LogP contribution is 2.36. The molecule has 2 heterocycles. The molecule has 1 aromatic carbocycles. The van der Waals surface area contributed by atoms with Crippen LogP contribution in [0, 0.1) is 6.92 Å². The van der Waals surface area contributed by atoms with E-state index in [9.17, 15) is 9.59 Å². The highest BCUT2D eigenvalue weighted by molar-refractivity contribution is 7.15. The minimum absolute atomic E-state index is 0.265. The zero-order chi connectivity index (χ0) is 17.8. The highest BCUT2D eigenvalue weighted by atomic mass is 32.1. The Labute approximate surface area is 153 Å². The van der Waals surface area contributed by atoms with Gasteiger partial charge in [0.15, 0.2) is 0 Å². The molecule has 0 aliphatic carbocycles. The Morgan fingerprint density at radius 1 is 1.20 bits per heavy atom.